The predicted molar refractivity (Wildman–Crippen MR) is 96.0 cm³/mol. The zero-order valence-electron chi connectivity index (χ0n) is 14.3. The number of nitrogens with one attached hydrogen (secondary N) is 1. The van der Waals surface area contributed by atoms with Crippen molar-refractivity contribution in [1.29, 1.82) is 0 Å². The average Bonchev–Trinajstić information content (AvgIpc) is 2.60. The molecule has 0 saturated heterocycles. The largest absolute Gasteiger partial charge is 0.376 e. The number of anilines is 1. The lowest BCUT2D eigenvalue weighted by Gasteiger charge is -2.26. The molecule has 0 saturated carbocycles. The van der Waals surface area contributed by atoms with Gasteiger partial charge in [-0.25, -0.2) is 9.37 Å². The Bertz CT molecular complexity index is 1050. The molecule has 3 aromatic rings. The van der Waals surface area contributed by atoms with Crippen molar-refractivity contribution in [1.82, 2.24) is 9.38 Å². The quantitative estimate of drug-likeness (QED) is 0.560. The normalized spacial score (nSPS) is 11.5. The van der Waals surface area contributed by atoms with Gasteiger partial charge in [-0.05, 0) is 29.8 Å². The number of rotatable bonds is 5. The summed E-state index contributed by atoms with van der Waals surface area (Å²) in [6.45, 7) is 3.97. The number of hydrogen-bond acceptors (Lipinski definition) is 5. The molecule has 2 aromatic heterocycles. The third-order valence-corrected chi connectivity index (χ3v) is 4.20. The first-order valence-electron chi connectivity index (χ1n) is 7.95. The summed E-state index contributed by atoms with van der Waals surface area (Å²) in [6.07, 6.45) is 1.43. The molecule has 0 aliphatic heterocycles. The van der Waals surface area contributed by atoms with Crippen LogP contribution in [0.2, 0.25) is 0 Å². The Morgan fingerprint density at radius 2 is 2.04 bits per heavy atom. The van der Waals surface area contributed by atoms with Crippen molar-refractivity contribution in [3.05, 3.63) is 80.5 Å². The number of benzene rings is 1. The van der Waals surface area contributed by atoms with Crippen molar-refractivity contribution in [2.75, 3.05) is 11.9 Å². The van der Waals surface area contributed by atoms with Crippen molar-refractivity contribution in [3.63, 3.8) is 0 Å². The zero-order valence-corrected chi connectivity index (χ0v) is 14.3. The van der Waals surface area contributed by atoms with E-state index in [9.17, 15) is 19.3 Å². The molecule has 0 bridgehead atoms. The highest BCUT2D eigenvalue weighted by Gasteiger charge is 2.27. The number of halogens is 1. The first kappa shape index (κ1) is 17.5. The van der Waals surface area contributed by atoms with E-state index >= 15 is 0 Å². The lowest BCUT2D eigenvalue weighted by Crippen LogP contribution is -2.29. The van der Waals surface area contributed by atoms with Gasteiger partial charge in [0.15, 0.2) is 0 Å². The van der Waals surface area contributed by atoms with E-state index in [2.05, 4.69) is 10.3 Å². The van der Waals surface area contributed by atoms with Gasteiger partial charge in [-0.15, -0.1) is 0 Å². The van der Waals surface area contributed by atoms with Gasteiger partial charge in [0.2, 0.25) is 5.82 Å². The summed E-state index contributed by atoms with van der Waals surface area (Å²) in [5.41, 5.74) is -0.894. The minimum Gasteiger partial charge on any atom is -0.363 e. The second-order valence-corrected chi connectivity index (χ2v) is 6.55. The minimum absolute atomic E-state index is 0.101. The van der Waals surface area contributed by atoms with Crippen molar-refractivity contribution in [2.45, 2.75) is 19.3 Å². The van der Waals surface area contributed by atoms with E-state index in [0.717, 1.165) is 9.96 Å². The molecule has 2 heterocycles. The minimum atomic E-state index is -0.758. The molecule has 1 N–H and O–H groups in total. The number of hydrogen-bond donors (Lipinski definition) is 1. The van der Waals surface area contributed by atoms with Crippen LogP contribution < -0.4 is 10.9 Å². The summed E-state index contributed by atoms with van der Waals surface area (Å²) < 4.78 is 14.6. The molecule has 0 aliphatic rings. The van der Waals surface area contributed by atoms with Crippen molar-refractivity contribution >= 4 is 17.2 Å². The summed E-state index contributed by atoms with van der Waals surface area (Å²) in [4.78, 5) is 27.3. The number of nitrogens with zero attached hydrogens (tertiary/aromatic N) is 3. The van der Waals surface area contributed by atoms with E-state index in [1.807, 2.05) is 13.8 Å². The Balaban J connectivity index is 1.99. The van der Waals surface area contributed by atoms with Crippen LogP contribution in [0.25, 0.3) is 5.65 Å². The van der Waals surface area contributed by atoms with E-state index in [4.69, 9.17) is 0 Å². The number of aromatic nitrogens is 2. The standard InChI is InChI=1S/C18H17FN4O3/c1-18(2,12-6-5-7-13(19)10-12)11-20-16-15(23(25)26)17(24)22-9-4-3-8-14(22)21-16/h3-10,20H,11H2,1-2H3. The molecule has 0 aliphatic carbocycles. The average molecular weight is 356 g/mol. The van der Waals surface area contributed by atoms with Crippen LogP contribution in [0.1, 0.15) is 19.4 Å². The lowest BCUT2D eigenvalue weighted by molar-refractivity contribution is -0.385. The van der Waals surface area contributed by atoms with Crippen LogP contribution in [0.4, 0.5) is 15.9 Å². The van der Waals surface area contributed by atoms with Gasteiger partial charge in [0.25, 0.3) is 0 Å². The first-order valence-corrected chi connectivity index (χ1v) is 7.95. The van der Waals surface area contributed by atoms with E-state index in [1.54, 1.807) is 30.3 Å². The molecule has 1 aromatic carbocycles. The van der Waals surface area contributed by atoms with Crippen molar-refractivity contribution in [3.8, 4) is 0 Å². The van der Waals surface area contributed by atoms with Gasteiger partial charge in [-0.1, -0.05) is 32.0 Å². The van der Waals surface area contributed by atoms with Crippen LogP contribution in [0.3, 0.4) is 0 Å². The maximum atomic E-state index is 13.5. The van der Waals surface area contributed by atoms with Crippen LogP contribution in [-0.4, -0.2) is 20.9 Å². The number of pyridine rings is 1. The van der Waals surface area contributed by atoms with E-state index in [0.29, 0.717) is 5.65 Å². The van der Waals surface area contributed by atoms with Gasteiger partial charge in [0, 0.05) is 18.2 Å². The Hall–Kier alpha value is -3.29. The molecule has 0 unspecified atom stereocenters. The van der Waals surface area contributed by atoms with E-state index < -0.39 is 21.6 Å². The van der Waals surface area contributed by atoms with Crippen LogP contribution in [0.15, 0.2) is 53.5 Å². The molecular weight excluding hydrogens is 339 g/mol. The van der Waals surface area contributed by atoms with Gasteiger partial charge >= 0.3 is 11.2 Å². The summed E-state index contributed by atoms with van der Waals surface area (Å²) >= 11 is 0. The molecule has 0 radical (unpaired) electrons. The van der Waals surface area contributed by atoms with Crippen LogP contribution >= 0.6 is 0 Å². The molecule has 134 valence electrons. The fraction of sp³-hybridized carbons (Fsp3) is 0.222. The summed E-state index contributed by atoms with van der Waals surface area (Å²) in [7, 11) is 0. The topological polar surface area (TPSA) is 89.5 Å². The van der Waals surface area contributed by atoms with E-state index in [-0.39, 0.29) is 18.2 Å². The molecular formula is C18H17FN4O3. The lowest BCUT2D eigenvalue weighted by atomic mass is 9.84. The molecule has 3 rings (SSSR count). The highest BCUT2D eigenvalue weighted by Crippen LogP contribution is 2.26. The smallest absolute Gasteiger partial charge is 0.363 e. The molecule has 0 amide bonds. The predicted octanol–water partition coefficient (Wildman–Crippen LogP) is 3.13. The Kier molecular flexibility index (Phi) is 4.41. The summed E-state index contributed by atoms with van der Waals surface area (Å²) in [5.74, 6) is -0.459. The maximum Gasteiger partial charge on any atom is 0.376 e. The van der Waals surface area contributed by atoms with Gasteiger partial charge in [0.05, 0.1) is 4.92 Å². The maximum absolute atomic E-state index is 13.5. The van der Waals surface area contributed by atoms with Gasteiger partial charge in [-0.3, -0.25) is 19.3 Å². The Labute approximate surface area is 148 Å². The van der Waals surface area contributed by atoms with Crippen molar-refractivity contribution < 1.29 is 9.31 Å². The first-order chi connectivity index (χ1) is 12.3. The van der Waals surface area contributed by atoms with Gasteiger partial charge in [0.1, 0.15) is 11.5 Å². The SMILES string of the molecule is CC(C)(CNc1nc2ccccn2c(=O)c1[N+](=O)[O-])c1cccc(F)c1. The second-order valence-electron chi connectivity index (χ2n) is 6.55. The molecule has 7 nitrogen and oxygen atoms in total. The molecule has 0 atom stereocenters. The number of nitro groups is 1. The van der Waals surface area contributed by atoms with Crippen LogP contribution in [0.5, 0.6) is 0 Å². The van der Waals surface area contributed by atoms with Gasteiger partial charge in [-0.2, -0.15) is 0 Å². The molecule has 26 heavy (non-hydrogen) atoms. The molecule has 0 spiro atoms. The van der Waals surface area contributed by atoms with E-state index in [1.165, 1.54) is 18.3 Å². The molecule has 8 heteroatoms. The van der Waals surface area contributed by atoms with Gasteiger partial charge < -0.3 is 5.32 Å². The van der Waals surface area contributed by atoms with Crippen LogP contribution in [0, 0.1) is 15.9 Å². The monoisotopic (exact) mass is 356 g/mol. The Morgan fingerprint density at radius 1 is 1.27 bits per heavy atom. The third kappa shape index (κ3) is 3.26. The summed E-state index contributed by atoms with van der Waals surface area (Å²) in [5, 5.41) is 14.3. The fourth-order valence-corrected chi connectivity index (χ4v) is 2.68. The third-order valence-electron chi connectivity index (χ3n) is 4.20. The zero-order chi connectivity index (χ0) is 18.9. The van der Waals surface area contributed by atoms with Crippen molar-refractivity contribution in [2.24, 2.45) is 0 Å². The highest BCUT2D eigenvalue weighted by atomic mass is 19.1. The fourth-order valence-electron chi connectivity index (χ4n) is 2.68. The highest BCUT2D eigenvalue weighted by molar-refractivity contribution is 5.60. The summed E-state index contributed by atoms with van der Waals surface area (Å²) in [6, 6.07) is 11.0. The van der Waals surface area contributed by atoms with Crippen LogP contribution in [-0.2, 0) is 5.41 Å². The Morgan fingerprint density at radius 3 is 2.73 bits per heavy atom. The molecule has 0 fully saturated rings. The number of fused-ring (bicyclic) bond motifs is 1. The second kappa shape index (κ2) is 6.55.